The summed E-state index contributed by atoms with van der Waals surface area (Å²) in [7, 11) is 1.75. The molecule has 1 atom stereocenters. The van der Waals surface area contributed by atoms with Crippen molar-refractivity contribution >= 4 is 17.3 Å². The Morgan fingerprint density at radius 1 is 1.35 bits per heavy atom. The van der Waals surface area contributed by atoms with E-state index >= 15 is 0 Å². The predicted octanol–water partition coefficient (Wildman–Crippen LogP) is 2.70. The van der Waals surface area contributed by atoms with Crippen LogP contribution in [-0.4, -0.2) is 33.1 Å². The van der Waals surface area contributed by atoms with Gasteiger partial charge in [-0.3, -0.25) is 9.59 Å². The van der Waals surface area contributed by atoms with Gasteiger partial charge in [0.2, 0.25) is 0 Å². The van der Waals surface area contributed by atoms with Crippen molar-refractivity contribution in [2.24, 2.45) is 7.05 Å². The van der Waals surface area contributed by atoms with Crippen LogP contribution >= 0.6 is 0 Å². The molecule has 3 heterocycles. The maximum Gasteiger partial charge on any atom is 0.253 e. The molecule has 1 aromatic carbocycles. The summed E-state index contributed by atoms with van der Waals surface area (Å²) < 4.78 is 9.51. The quantitative estimate of drug-likeness (QED) is 0.678. The summed E-state index contributed by atoms with van der Waals surface area (Å²) in [6.45, 7) is 3.27. The summed E-state index contributed by atoms with van der Waals surface area (Å²) in [6.07, 6.45) is 4.87. The van der Waals surface area contributed by atoms with E-state index in [0.29, 0.717) is 17.7 Å². The van der Waals surface area contributed by atoms with E-state index in [1.165, 1.54) is 0 Å². The molecule has 6 nitrogen and oxygen atoms in total. The number of benzene rings is 1. The molecule has 0 aliphatic carbocycles. The largest absolute Gasteiger partial charge is 0.376 e. The molecule has 1 aliphatic rings. The molecule has 1 saturated heterocycles. The third-order valence-electron chi connectivity index (χ3n) is 4.94. The number of carbonyl (C=O) groups is 1. The Labute approximate surface area is 151 Å². The van der Waals surface area contributed by atoms with Crippen molar-refractivity contribution in [1.82, 2.24) is 14.1 Å². The second kappa shape index (κ2) is 6.53. The highest BCUT2D eigenvalue weighted by molar-refractivity contribution is 5.87. The molecule has 0 saturated carbocycles. The van der Waals surface area contributed by atoms with Crippen molar-refractivity contribution in [3.8, 4) is 11.4 Å². The van der Waals surface area contributed by atoms with E-state index in [0.717, 1.165) is 48.2 Å². The first-order valence-electron chi connectivity index (χ1n) is 8.81. The Balaban J connectivity index is 1.92. The first-order valence-corrected chi connectivity index (χ1v) is 8.81. The molecular weight excluding hydrogens is 330 g/mol. The molecule has 0 unspecified atom stereocenters. The first-order chi connectivity index (χ1) is 12.6. The number of rotatable bonds is 4. The van der Waals surface area contributed by atoms with Gasteiger partial charge in [0.25, 0.3) is 5.56 Å². The zero-order valence-corrected chi connectivity index (χ0v) is 14.9. The number of ether oxygens (including phenoxy) is 1. The molecule has 4 rings (SSSR count). The Bertz CT molecular complexity index is 1020. The van der Waals surface area contributed by atoms with Crippen LogP contribution in [0, 0.1) is 6.92 Å². The molecule has 6 heteroatoms. The minimum absolute atomic E-state index is 0.0150. The summed E-state index contributed by atoms with van der Waals surface area (Å²) >= 11 is 0. The van der Waals surface area contributed by atoms with Gasteiger partial charge in [0.05, 0.1) is 23.7 Å². The van der Waals surface area contributed by atoms with Crippen molar-refractivity contribution in [1.29, 1.82) is 0 Å². The lowest BCUT2D eigenvalue weighted by molar-refractivity contribution is 0.0982. The maximum atomic E-state index is 12.0. The van der Waals surface area contributed by atoms with Gasteiger partial charge < -0.3 is 13.9 Å². The van der Waals surface area contributed by atoms with Crippen molar-refractivity contribution in [3.05, 3.63) is 51.9 Å². The molecule has 3 aromatic rings. The van der Waals surface area contributed by atoms with Gasteiger partial charge in [-0.2, -0.15) is 0 Å². The first kappa shape index (κ1) is 16.7. The fourth-order valence-electron chi connectivity index (χ4n) is 3.61. The molecule has 0 radical (unpaired) electrons. The molecule has 2 aromatic heterocycles. The van der Waals surface area contributed by atoms with Crippen molar-refractivity contribution in [2.45, 2.75) is 32.4 Å². The number of hydrogen-bond donors (Lipinski definition) is 0. The van der Waals surface area contributed by atoms with Gasteiger partial charge in [-0.15, -0.1) is 0 Å². The molecule has 1 fully saturated rings. The zero-order valence-electron chi connectivity index (χ0n) is 14.9. The molecule has 1 aliphatic heterocycles. The van der Waals surface area contributed by atoms with E-state index in [2.05, 4.69) is 4.57 Å². The van der Waals surface area contributed by atoms with Crippen LogP contribution in [0.2, 0.25) is 0 Å². The SMILES string of the molecule is Cc1cc(-c2nc3ccc(C=O)cc3n2C[C@@H]2CCCO2)cn(C)c1=O. The Kier molecular flexibility index (Phi) is 4.20. The third kappa shape index (κ3) is 2.86. The van der Waals surface area contributed by atoms with Gasteiger partial charge in [0, 0.05) is 36.5 Å². The van der Waals surface area contributed by atoms with E-state index < -0.39 is 0 Å². The third-order valence-corrected chi connectivity index (χ3v) is 4.94. The molecule has 0 spiro atoms. The number of aldehydes is 1. The van der Waals surface area contributed by atoms with Crippen LogP contribution in [-0.2, 0) is 18.3 Å². The standard InChI is InChI=1S/C20H21N3O3/c1-13-8-15(10-22(2)20(13)25)19-21-17-6-5-14(12-24)9-18(17)23(19)11-16-4-3-7-26-16/h5-6,8-10,12,16H,3-4,7,11H2,1-2H3/t16-/m0/s1. The van der Waals surface area contributed by atoms with Crippen LogP contribution in [0.25, 0.3) is 22.4 Å². The highest BCUT2D eigenvalue weighted by Crippen LogP contribution is 2.27. The molecule has 26 heavy (non-hydrogen) atoms. The van der Waals surface area contributed by atoms with Crippen LogP contribution in [0.1, 0.15) is 28.8 Å². The average molecular weight is 351 g/mol. The number of aromatic nitrogens is 3. The van der Waals surface area contributed by atoms with Crippen LogP contribution in [0.4, 0.5) is 0 Å². The van der Waals surface area contributed by atoms with E-state index in [-0.39, 0.29) is 11.7 Å². The number of fused-ring (bicyclic) bond motifs is 1. The minimum atomic E-state index is -0.0150. The Hall–Kier alpha value is -2.73. The summed E-state index contributed by atoms with van der Waals surface area (Å²) in [4.78, 5) is 28.1. The van der Waals surface area contributed by atoms with Crippen LogP contribution in [0.3, 0.4) is 0 Å². The summed E-state index contributed by atoms with van der Waals surface area (Å²) in [5, 5.41) is 0. The number of nitrogens with zero attached hydrogens (tertiary/aromatic N) is 3. The van der Waals surface area contributed by atoms with E-state index in [4.69, 9.17) is 9.72 Å². The smallest absolute Gasteiger partial charge is 0.253 e. The Morgan fingerprint density at radius 2 is 2.19 bits per heavy atom. The normalized spacial score (nSPS) is 17.1. The Morgan fingerprint density at radius 3 is 2.88 bits per heavy atom. The highest BCUT2D eigenvalue weighted by Gasteiger charge is 2.21. The lowest BCUT2D eigenvalue weighted by Gasteiger charge is -2.15. The van der Waals surface area contributed by atoms with Gasteiger partial charge in [-0.25, -0.2) is 4.98 Å². The van der Waals surface area contributed by atoms with Crippen molar-refractivity contribution in [2.75, 3.05) is 6.61 Å². The highest BCUT2D eigenvalue weighted by atomic mass is 16.5. The van der Waals surface area contributed by atoms with Gasteiger partial charge >= 0.3 is 0 Å². The second-order valence-corrected chi connectivity index (χ2v) is 6.87. The van der Waals surface area contributed by atoms with Gasteiger partial charge in [0.1, 0.15) is 12.1 Å². The molecule has 0 amide bonds. The van der Waals surface area contributed by atoms with E-state index in [1.54, 1.807) is 17.7 Å². The van der Waals surface area contributed by atoms with Crippen molar-refractivity contribution < 1.29 is 9.53 Å². The minimum Gasteiger partial charge on any atom is -0.376 e. The lowest BCUT2D eigenvalue weighted by atomic mass is 10.2. The van der Waals surface area contributed by atoms with Gasteiger partial charge in [-0.1, -0.05) is 0 Å². The number of pyridine rings is 1. The topological polar surface area (TPSA) is 66.1 Å². The fourth-order valence-corrected chi connectivity index (χ4v) is 3.61. The van der Waals surface area contributed by atoms with E-state index in [1.807, 2.05) is 31.3 Å². The van der Waals surface area contributed by atoms with Crippen LogP contribution in [0.5, 0.6) is 0 Å². The summed E-state index contributed by atoms with van der Waals surface area (Å²) in [6, 6.07) is 7.37. The van der Waals surface area contributed by atoms with Crippen molar-refractivity contribution in [3.63, 3.8) is 0 Å². The monoisotopic (exact) mass is 351 g/mol. The summed E-state index contributed by atoms with van der Waals surface area (Å²) in [5.74, 6) is 0.789. The number of carbonyl (C=O) groups excluding carboxylic acids is 1. The zero-order chi connectivity index (χ0) is 18.3. The number of aryl methyl sites for hydroxylation is 2. The van der Waals surface area contributed by atoms with E-state index in [9.17, 15) is 9.59 Å². The van der Waals surface area contributed by atoms with Gasteiger partial charge in [0.15, 0.2) is 0 Å². The average Bonchev–Trinajstić information content (AvgIpc) is 3.27. The molecule has 0 bridgehead atoms. The predicted molar refractivity (Wildman–Crippen MR) is 99.5 cm³/mol. The lowest BCUT2D eigenvalue weighted by Crippen LogP contribution is -2.20. The number of imidazole rings is 1. The van der Waals surface area contributed by atoms with Crippen LogP contribution < -0.4 is 5.56 Å². The van der Waals surface area contributed by atoms with Crippen LogP contribution in [0.15, 0.2) is 35.3 Å². The second-order valence-electron chi connectivity index (χ2n) is 6.87. The summed E-state index contributed by atoms with van der Waals surface area (Å²) in [5.41, 5.74) is 3.90. The molecule has 0 N–H and O–H groups in total. The molecule has 134 valence electrons. The fraction of sp³-hybridized carbons (Fsp3) is 0.350. The van der Waals surface area contributed by atoms with Gasteiger partial charge in [-0.05, 0) is 44.0 Å². The maximum absolute atomic E-state index is 12.0. The molecular formula is C20H21N3O3. The number of hydrogen-bond acceptors (Lipinski definition) is 4.